The number of carbonyl (C=O) groups excluding carboxylic acids is 2. The molecule has 0 aromatic heterocycles. The van der Waals surface area contributed by atoms with Gasteiger partial charge in [0.1, 0.15) is 11.6 Å². The maximum Gasteiger partial charge on any atom is 0.490 e. The number of rotatable bonds is 3. The van der Waals surface area contributed by atoms with E-state index in [9.17, 15) is 22.8 Å². The second-order valence-corrected chi connectivity index (χ2v) is 8.40. The normalized spacial score (nSPS) is 28.3. The highest BCUT2D eigenvalue weighted by molar-refractivity contribution is 5.83. The van der Waals surface area contributed by atoms with Crippen molar-refractivity contribution in [3.8, 4) is 0 Å². The highest BCUT2D eigenvalue weighted by atomic mass is 19.4. The van der Waals surface area contributed by atoms with Gasteiger partial charge in [0.05, 0.1) is 19.7 Å². The number of carboxylic acids is 1. The number of halogens is 3. The third-order valence-corrected chi connectivity index (χ3v) is 5.29. The number of amides is 2. The van der Waals surface area contributed by atoms with Crippen molar-refractivity contribution in [2.45, 2.75) is 51.1 Å². The molecule has 1 aliphatic carbocycles. The molecule has 2 N–H and O–H groups in total. The fourth-order valence-corrected chi connectivity index (χ4v) is 3.55. The summed E-state index contributed by atoms with van der Waals surface area (Å²) in [5.41, 5.74) is -0.267. The summed E-state index contributed by atoms with van der Waals surface area (Å²) in [6, 6.07) is -0.102. The van der Waals surface area contributed by atoms with E-state index in [1.807, 2.05) is 25.8 Å². The van der Waals surface area contributed by atoms with Crippen molar-refractivity contribution in [1.29, 1.82) is 0 Å². The maximum atomic E-state index is 12.2. The molecular formula is C18H28F3N3O5. The SMILES string of the molecule is CC(C)NC(=O)C1COC2(CN(C(=O)C3CC3C)C2)CN1C.O=C(O)C(F)(F)F. The van der Waals surface area contributed by atoms with Crippen molar-refractivity contribution in [2.24, 2.45) is 11.8 Å². The monoisotopic (exact) mass is 423 g/mol. The van der Waals surface area contributed by atoms with Crippen LogP contribution in [-0.2, 0) is 19.1 Å². The molecule has 0 aromatic rings. The largest absolute Gasteiger partial charge is 0.490 e. The van der Waals surface area contributed by atoms with Gasteiger partial charge in [0, 0.05) is 18.5 Å². The first-order valence-electron chi connectivity index (χ1n) is 9.49. The Morgan fingerprint density at radius 3 is 2.10 bits per heavy atom. The van der Waals surface area contributed by atoms with E-state index in [2.05, 4.69) is 17.1 Å². The molecule has 8 nitrogen and oxygen atoms in total. The number of aliphatic carboxylic acids is 1. The highest BCUT2D eigenvalue weighted by Gasteiger charge is 2.54. The summed E-state index contributed by atoms with van der Waals surface area (Å²) in [5, 5.41) is 10.1. The van der Waals surface area contributed by atoms with E-state index in [4.69, 9.17) is 14.6 Å². The zero-order valence-corrected chi connectivity index (χ0v) is 17.0. The van der Waals surface area contributed by atoms with Crippen molar-refractivity contribution in [3.63, 3.8) is 0 Å². The third-order valence-electron chi connectivity index (χ3n) is 5.29. The second kappa shape index (κ2) is 8.47. The molecule has 0 bridgehead atoms. The number of likely N-dealkylation sites (N-methyl/N-ethyl adjacent to an activating group) is 1. The molecule has 2 saturated heterocycles. The molecule has 166 valence electrons. The zero-order valence-electron chi connectivity index (χ0n) is 17.0. The Labute approximate surface area is 167 Å². The lowest BCUT2D eigenvalue weighted by Gasteiger charge is -2.55. The van der Waals surface area contributed by atoms with Crippen LogP contribution < -0.4 is 5.32 Å². The van der Waals surface area contributed by atoms with Gasteiger partial charge in [-0.05, 0) is 33.2 Å². The average Bonchev–Trinajstić information content (AvgIpc) is 3.27. The predicted octanol–water partition coefficient (Wildman–Crippen LogP) is 0.712. The molecule has 3 rings (SSSR count). The van der Waals surface area contributed by atoms with E-state index in [1.54, 1.807) is 0 Å². The van der Waals surface area contributed by atoms with E-state index in [0.29, 0.717) is 32.2 Å². The standard InChI is InChI=1S/C16H27N3O3.C2HF3O2/c1-10(2)17-14(20)13-6-22-16(7-18(13)4)8-19(9-16)15(21)12-5-11(12)3;3-2(4,5)1(6)7/h10-13H,5-9H2,1-4H3,(H,17,20);(H,6,7). The predicted molar refractivity (Wildman–Crippen MR) is 95.9 cm³/mol. The van der Waals surface area contributed by atoms with Gasteiger partial charge in [-0.15, -0.1) is 0 Å². The number of nitrogens with one attached hydrogen (secondary N) is 1. The van der Waals surface area contributed by atoms with Crippen LogP contribution in [0.1, 0.15) is 27.2 Å². The van der Waals surface area contributed by atoms with Crippen molar-refractivity contribution < 1.29 is 37.4 Å². The quantitative estimate of drug-likeness (QED) is 0.694. The smallest absolute Gasteiger partial charge is 0.475 e. The topological polar surface area (TPSA) is 99.2 Å². The fraction of sp³-hybridized carbons (Fsp3) is 0.833. The number of carbonyl (C=O) groups is 3. The minimum atomic E-state index is -5.08. The van der Waals surface area contributed by atoms with Crippen molar-refractivity contribution >= 4 is 17.8 Å². The van der Waals surface area contributed by atoms with Gasteiger partial charge in [0.25, 0.3) is 0 Å². The van der Waals surface area contributed by atoms with E-state index < -0.39 is 12.1 Å². The number of ether oxygens (including phenoxy) is 1. The number of nitrogens with zero attached hydrogens (tertiary/aromatic N) is 2. The van der Waals surface area contributed by atoms with E-state index in [0.717, 1.165) is 6.42 Å². The van der Waals surface area contributed by atoms with Gasteiger partial charge in [-0.3, -0.25) is 14.5 Å². The lowest BCUT2D eigenvalue weighted by atomic mass is 9.90. The molecule has 0 radical (unpaired) electrons. The lowest BCUT2D eigenvalue weighted by Crippen LogP contribution is -2.73. The highest BCUT2D eigenvalue weighted by Crippen LogP contribution is 2.42. The molecule has 2 heterocycles. The number of alkyl halides is 3. The molecule has 1 spiro atoms. The molecule has 2 amide bonds. The first kappa shape index (κ1) is 23.4. The molecule has 3 fully saturated rings. The van der Waals surface area contributed by atoms with Crippen LogP contribution in [0.3, 0.4) is 0 Å². The van der Waals surface area contributed by atoms with Crippen molar-refractivity contribution in [3.05, 3.63) is 0 Å². The summed E-state index contributed by atoms with van der Waals surface area (Å²) in [4.78, 5) is 37.2. The van der Waals surface area contributed by atoms with Crippen molar-refractivity contribution in [1.82, 2.24) is 15.1 Å². The van der Waals surface area contributed by atoms with Crippen LogP contribution in [0.5, 0.6) is 0 Å². The van der Waals surface area contributed by atoms with Gasteiger partial charge in [-0.25, -0.2) is 4.79 Å². The van der Waals surface area contributed by atoms with E-state index in [-0.39, 0.29) is 35.4 Å². The summed E-state index contributed by atoms with van der Waals surface area (Å²) in [6.07, 6.45) is -4.06. The Morgan fingerprint density at radius 1 is 1.21 bits per heavy atom. The molecule has 0 aromatic carbocycles. The zero-order chi connectivity index (χ0) is 22.1. The molecular weight excluding hydrogens is 395 g/mol. The number of hydrogen-bond acceptors (Lipinski definition) is 5. The summed E-state index contributed by atoms with van der Waals surface area (Å²) >= 11 is 0. The Balaban J connectivity index is 0.000000370. The molecule has 3 unspecified atom stereocenters. The minimum Gasteiger partial charge on any atom is -0.475 e. The minimum absolute atomic E-state index is 0.0198. The van der Waals surface area contributed by atoms with Crippen molar-refractivity contribution in [2.75, 3.05) is 33.3 Å². The Bertz CT molecular complexity index is 649. The lowest BCUT2D eigenvalue weighted by molar-refractivity contribution is -0.202. The van der Waals surface area contributed by atoms with E-state index >= 15 is 0 Å². The van der Waals surface area contributed by atoms with Crippen LogP contribution in [0, 0.1) is 11.8 Å². The molecule has 29 heavy (non-hydrogen) atoms. The molecule has 2 aliphatic heterocycles. The van der Waals surface area contributed by atoms with Crippen LogP contribution in [0.15, 0.2) is 0 Å². The number of carboxylic acid groups (broad SMARTS) is 1. The Hall–Kier alpha value is -1.88. The Kier molecular flexibility index (Phi) is 6.83. The van der Waals surface area contributed by atoms with Gasteiger partial charge in [-0.1, -0.05) is 6.92 Å². The van der Waals surface area contributed by atoms with Gasteiger partial charge in [0.15, 0.2) is 0 Å². The van der Waals surface area contributed by atoms with Crippen LogP contribution in [-0.4, -0.2) is 89.8 Å². The number of likely N-dealkylation sites (tertiary alicyclic amines) is 1. The number of hydrogen-bond donors (Lipinski definition) is 2. The first-order valence-corrected chi connectivity index (χ1v) is 9.49. The first-order chi connectivity index (χ1) is 13.3. The van der Waals surface area contributed by atoms with Crippen LogP contribution in [0.25, 0.3) is 0 Å². The van der Waals surface area contributed by atoms with Crippen LogP contribution in [0.4, 0.5) is 13.2 Å². The maximum absolute atomic E-state index is 12.2. The third kappa shape index (κ3) is 5.81. The average molecular weight is 423 g/mol. The second-order valence-electron chi connectivity index (χ2n) is 8.40. The summed E-state index contributed by atoms with van der Waals surface area (Å²) < 4.78 is 37.7. The van der Waals surface area contributed by atoms with Gasteiger partial charge in [-0.2, -0.15) is 13.2 Å². The molecule has 3 atom stereocenters. The van der Waals surface area contributed by atoms with Crippen LogP contribution in [0.2, 0.25) is 0 Å². The summed E-state index contributed by atoms with van der Waals surface area (Å²) in [6.45, 7) is 8.47. The Morgan fingerprint density at radius 2 is 1.72 bits per heavy atom. The van der Waals surface area contributed by atoms with Gasteiger partial charge in [0.2, 0.25) is 11.8 Å². The van der Waals surface area contributed by atoms with E-state index in [1.165, 1.54) is 0 Å². The summed E-state index contributed by atoms with van der Waals surface area (Å²) in [7, 11) is 1.96. The molecule has 3 aliphatic rings. The molecule has 11 heteroatoms. The fourth-order valence-electron chi connectivity index (χ4n) is 3.55. The number of morpholine rings is 1. The summed E-state index contributed by atoms with van der Waals surface area (Å²) in [5.74, 6) is -1.67. The van der Waals surface area contributed by atoms with Gasteiger partial charge < -0.3 is 20.1 Å². The van der Waals surface area contributed by atoms with Crippen LogP contribution >= 0.6 is 0 Å². The van der Waals surface area contributed by atoms with Gasteiger partial charge >= 0.3 is 12.1 Å². The molecule has 1 saturated carbocycles.